The molecule has 0 aliphatic rings. The summed E-state index contributed by atoms with van der Waals surface area (Å²) in [5.41, 5.74) is 5.34. The van der Waals surface area contributed by atoms with Gasteiger partial charge in [0, 0.05) is 11.5 Å². The van der Waals surface area contributed by atoms with E-state index in [0.29, 0.717) is 23.9 Å². The Hall–Kier alpha value is -1.29. The van der Waals surface area contributed by atoms with Crippen LogP contribution in [0.4, 0.5) is 0 Å². The van der Waals surface area contributed by atoms with Crippen LogP contribution in [0.3, 0.4) is 0 Å². The van der Waals surface area contributed by atoms with Crippen molar-refractivity contribution in [1.82, 2.24) is 0 Å². The average Bonchev–Trinajstić information content (AvgIpc) is 2.37. The number of thioether (sulfide) groups is 1. The molecule has 1 aromatic rings. The molecular formula is C11H16N2O5S2. The summed E-state index contributed by atoms with van der Waals surface area (Å²) in [5, 5.41) is 13.5. The van der Waals surface area contributed by atoms with Gasteiger partial charge in [-0.2, -0.15) is 11.8 Å². The number of hydrogen-bond acceptors (Lipinski definition) is 6. The molecule has 7 nitrogen and oxygen atoms in total. The van der Waals surface area contributed by atoms with Crippen molar-refractivity contribution < 1.29 is 23.1 Å². The fourth-order valence-electron chi connectivity index (χ4n) is 1.23. The smallest absolute Gasteiger partial charge is 0.321 e. The number of sulfonamides is 1. The number of benzene rings is 1. The Morgan fingerprint density at radius 1 is 1.35 bits per heavy atom. The molecule has 1 unspecified atom stereocenters. The third kappa shape index (κ3) is 5.78. The van der Waals surface area contributed by atoms with Crippen LogP contribution in [0.25, 0.3) is 0 Å². The minimum Gasteiger partial charge on any atom is -0.493 e. The molecule has 1 atom stereocenters. The minimum absolute atomic E-state index is 0.0201. The lowest BCUT2D eigenvalue weighted by atomic mass is 10.3. The zero-order valence-corrected chi connectivity index (χ0v) is 12.2. The maximum atomic E-state index is 11.0. The summed E-state index contributed by atoms with van der Waals surface area (Å²) < 4.78 is 27.4. The van der Waals surface area contributed by atoms with E-state index in [4.69, 9.17) is 20.7 Å². The lowest BCUT2D eigenvalue weighted by molar-refractivity contribution is -0.137. The van der Waals surface area contributed by atoms with Crippen LogP contribution in [0.15, 0.2) is 29.2 Å². The van der Waals surface area contributed by atoms with Crippen molar-refractivity contribution in [1.29, 1.82) is 0 Å². The molecule has 0 saturated heterocycles. The quantitative estimate of drug-likeness (QED) is 0.568. The molecule has 0 aliphatic carbocycles. The van der Waals surface area contributed by atoms with Crippen molar-refractivity contribution in [3.63, 3.8) is 0 Å². The molecular weight excluding hydrogens is 304 g/mol. The summed E-state index contributed by atoms with van der Waals surface area (Å²) in [6.07, 6.45) is 0. The zero-order chi connectivity index (χ0) is 15.2. The molecule has 0 aliphatic heterocycles. The molecule has 0 aromatic heterocycles. The zero-order valence-electron chi connectivity index (χ0n) is 10.6. The molecule has 1 rings (SSSR count). The summed E-state index contributed by atoms with van der Waals surface area (Å²) in [4.78, 5) is 10.5. The van der Waals surface area contributed by atoms with Crippen LogP contribution in [0, 0.1) is 0 Å². The minimum atomic E-state index is -3.70. The third-order valence-electron chi connectivity index (χ3n) is 2.26. The van der Waals surface area contributed by atoms with Crippen molar-refractivity contribution >= 4 is 27.8 Å². The SMILES string of the molecule is NC(CSCCOc1ccc(S(N)(=O)=O)cc1)C(=O)O. The van der Waals surface area contributed by atoms with E-state index in [0.717, 1.165) is 0 Å². The Bertz CT molecular complexity index is 544. The number of carboxylic acids is 1. The third-order valence-corrected chi connectivity index (χ3v) is 4.24. The lowest BCUT2D eigenvalue weighted by Gasteiger charge is -2.08. The van der Waals surface area contributed by atoms with E-state index in [-0.39, 0.29) is 4.90 Å². The number of carboxylic acid groups (broad SMARTS) is 1. The topological polar surface area (TPSA) is 133 Å². The van der Waals surface area contributed by atoms with Crippen LogP contribution in [-0.2, 0) is 14.8 Å². The second-order valence-electron chi connectivity index (χ2n) is 3.88. The van der Waals surface area contributed by atoms with Crippen molar-refractivity contribution in [2.75, 3.05) is 18.1 Å². The summed E-state index contributed by atoms with van der Waals surface area (Å²) in [6.45, 7) is 0.367. The van der Waals surface area contributed by atoms with Gasteiger partial charge in [-0.05, 0) is 24.3 Å². The molecule has 0 radical (unpaired) electrons. The Kier molecular flexibility index (Phi) is 6.27. The predicted octanol–water partition coefficient (Wildman–Crippen LogP) is -0.142. The molecule has 0 fully saturated rings. The number of nitrogens with two attached hydrogens (primary N) is 2. The maximum Gasteiger partial charge on any atom is 0.321 e. The van der Waals surface area contributed by atoms with E-state index in [2.05, 4.69) is 0 Å². The second-order valence-corrected chi connectivity index (χ2v) is 6.60. The number of ether oxygens (including phenoxy) is 1. The van der Waals surface area contributed by atoms with E-state index >= 15 is 0 Å². The maximum absolute atomic E-state index is 11.0. The highest BCUT2D eigenvalue weighted by Crippen LogP contribution is 2.15. The molecule has 5 N–H and O–H groups in total. The molecule has 0 saturated carbocycles. The molecule has 0 heterocycles. The van der Waals surface area contributed by atoms with E-state index in [1.807, 2.05) is 0 Å². The van der Waals surface area contributed by atoms with Crippen LogP contribution in [-0.4, -0.2) is 43.6 Å². The van der Waals surface area contributed by atoms with E-state index in [1.165, 1.54) is 36.0 Å². The van der Waals surface area contributed by atoms with Crippen LogP contribution in [0.5, 0.6) is 5.75 Å². The number of rotatable bonds is 8. The first kappa shape index (κ1) is 16.8. The van der Waals surface area contributed by atoms with Crippen molar-refractivity contribution in [2.45, 2.75) is 10.9 Å². The summed E-state index contributed by atoms with van der Waals surface area (Å²) in [7, 11) is -3.70. The van der Waals surface area contributed by atoms with Gasteiger partial charge in [0.1, 0.15) is 11.8 Å². The first-order chi connectivity index (χ1) is 9.30. The predicted molar refractivity (Wildman–Crippen MR) is 76.2 cm³/mol. The number of hydrogen-bond donors (Lipinski definition) is 3. The molecule has 1 aromatic carbocycles. The number of carbonyl (C=O) groups is 1. The van der Waals surface area contributed by atoms with Gasteiger partial charge in [0.05, 0.1) is 11.5 Å². The van der Waals surface area contributed by atoms with Crippen LogP contribution in [0.2, 0.25) is 0 Å². The second kappa shape index (κ2) is 7.48. The Morgan fingerprint density at radius 3 is 2.45 bits per heavy atom. The van der Waals surface area contributed by atoms with E-state index in [9.17, 15) is 13.2 Å². The van der Waals surface area contributed by atoms with Crippen molar-refractivity contribution in [3.05, 3.63) is 24.3 Å². The number of primary sulfonamides is 1. The summed E-state index contributed by atoms with van der Waals surface area (Å²) >= 11 is 1.37. The highest BCUT2D eigenvalue weighted by molar-refractivity contribution is 7.99. The Labute approximate surface area is 121 Å². The Balaban J connectivity index is 2.31. The standard InChI is InChI=1S/C11H16N2O5S2/c12-10(11(14)15)7-19-6-5-18-8-1-3-9(4-2-8)20(13,16)17/h1-4,10H,5-7,12H2,(H,14,15)(H2,13,16,17). The van der Waals surface area contributed by atoms with Crippen LogP contribution >= 0.6 is 11.8 Å². The molecule has 20 heavy (non-hydrogen) atoms. The van der Waals surface area contributed by atoms with Gasteiger partial charge >= 0.3 is 5.97 Å². The monoisotopic (exact) mass is 320 g/mol. The first-order valence-corrected chi connectivity index (χ1v) is 8.32. The highest BCUT2D eigenvalue weighted by Gasteiger charge is 2.10. The average molecular weight is 320 g/mol. The van der Waals surface area contributed by atoms with Gasteiger partial charge < -0.3 is 15.6 Å². The van der Waals surface area contributed by atoms with Crippen LogP contribution < -0.4 is 15.6 Å². The van der Waals surface area contributed by atoms with Gasteiger partial charge in [-0.25, -0.2) is 13.6 Å². The molecule has 0 amide bonds. The van der Waals surface area contributed by atoms with Gasteiger partial charge in [0.25, 0.3) is 0 Å². The highest BCUT2D eigenvalue weighted by atomic mass is 32.2. The van der Waals surface area contributed by atoms with Crippen molar-refractivity contribution in [2.24, 2.45) is 10.9 Å². The molecule has 112 valence electrons. The van der Waals surface area contributed by atoms with Gasteiger partial charge in [0.15, 0.2) is 0 Å². The first-order valence-electron chi connectivity index (χ1n) is 5.62. The lowest BCUT2D eigenvalue weighted by Crippen LogP contribution is -2.32. The fourth-order valence-corrected chi connectivity index (χ4v) is 2.51. The summed E-state index contributed by atoms with van der Waals surface area (Å²) in [6, 6.07) is 4.85. The van der Waals surface area contributed by atoms with Gasteiger partial charge in [-0.15, -0.1) is 0 Å². The van der Waals surface area contributed by atoms with Gasteiger partial charge in [-0.1, -0.05) is 0 Å². The number of aliphatic carboxylic acids is 1. The Morgan fingerprint density at radius 2 is 1.95 bits per heavy atom. The van der Waals surface area contributed by atoms with E-state index < -0.39 is 22.0 Å². The van der Waals surface area contributed by atoms with Gasteiger partial charge in [-0.3, -0.25) is 4.79 Å². The fraction of sp³-hybridized carbons (Fsp3) is 0.364. The molecule has 0 spiro atoms. The van der Waals surface area contributed by atoms with Crippen molar-refractivity contribution in [3.8, 4) is 5.75 Å². The van der Waals surface area contributed by atoms with E-state index in [1.54, 1.807) is 0 Å². The normalized spacial score (nSPS) is 12.9. The van der Waals surface area contributed by atoms with Crippen LogP contribution in [0.1, 0.15) is 0 Å². The summed E-state index contributed by atoms with van der Waals surface area (Å²) in [5.74, 6) is 0.374. The molecule has 9 heteroatoms. The van der Waals surface area contributed by atoms with Gasteiger partial charge in [0.2, 0.25) is 10.0 Å². The largest absolute Gasteiger partial charge is 0.493 e. The molecule has 0 bridgehead atoms.